The Hall–Kier alpha value is -1.08. The molecule has 1 heterocycles. The summed E-state index contributed by atoms with van der Waals surface area (Å²) in [5.41, 5.74) is 0.371. The highest BCUT2D eigenvalue weighted by atomic mass is 32.2. The topological polar surface area (TPSA) is 49.6 Å². The minimum Gasteiger partial charge on any atom is -0.245 e. The summed E-state index contributed by atoms with van der Waals surface area (Å²) < 4.78 is 0. The van der Waals surface area contributed by atoms with Crippen molar-refractivity contribution in [2.45, 2.75) is 18.4 Å². The van der Waals surface area contributed by atoms with Crippen LogP contribution in [0.2, 0.25) is 0 Å². The summed E-state index contributed by atoms with van der Waals surface area (Å²) in [7, 11) is 0. The van der Waals surface area contributed by atoms with E-state index >= 15 is 0 Å². The number of nitriles is 1. The Morgan fingerprint density at radius 1 is 1.50 bits per heavy atom. The Bertz CT molecular complexity index is 275. The van der Waals surface area contributed by atoms with E-state index in [9.17, 15) is 0 Å². The van der Waals surface area contributed by atoms with Crippen molar-refractivity contribution in [2.24, 2.45) is 0 Å². The lowest BCUT2D eigenvalue weighted by Gasteiger charge is -1.96. The molecule has 12 heavy (non-hydrogen) atoms. The molecule has 4 heteroatoms. The van der Waals surface area contributed by atoms with Crippen LogP contribution in [-0.2, 0) is 0 Å². The third-order valence-corrected chi connectivity index (χ3v) is 2.32. The van der Waals surface area contributed by atoms with Gasteiger partial charge in [-0.05, 0) is 12.2 Å². The van der Waals surface area contributed by atoms with Gasteiger partial charge in [-0.15, -0.1) is 11.8 Å². The standard InChI is InChI=1S/C8H9N3S/c1-2-3-12-8-6-10-7(4-9)5-11-8/h5-6H,2-3H2,1H3. The van der Waals surface area contributed by atoms with Crippen molar-refractivity contribution in [3.63, 3.8) is 0 Å². The van der Waals surface area contributed by atoms with Gasteiger partial charge in [-0.2, -0.15) is 5.26 Å². The molecule has 0 unspecified atom stereocenters. The van der Waals surface area contributed by atoms with Gasteiger partial charge in [0.1, 0.15) is 11.1 Å². The summed E-state index contributed by atoms with van der Waals surface area (Å²) in [6.07, 6.45) is 4.25. The van der Waals surface area contributed by atoms with Gasteiger partial charge >= 0.3 is 0 Å². The third kappa shape index (κ3) is 2.51. The smallest absolute Gasteiger partial charge is 0.158 e. The first-order valence-corrected chi connectivity index (χ1v) is 4.70. The Morgan fingerprint density at radius 3 is 2.83 bits per heavy atom. The molecule has 0 aromatic carbocycles. The van der Waals surface area contributed by atoms with E-state index in [-0.39, 0.29) is 0 Å². The van der Waals surface area contributed by atoms with E-state index in [2.05, 4.69) is 16.9 Å². The molecule has 1 aromatic heterocycles. The van der Waals surface area contributed by atoms with Crippen LogP contribution in [0.25, 0.3) is 0 Å². The minimum atomic E-state index is 0.371. The minimum absolute atomic E-state index is 0.371. The van der Waals surface area contributed by atoms with E-state index < -0.39 is 0 Å². The molecule has 0 fully saturated rings. The molecule has 0 aliphatic carbocycles. The van der Waals surface area contributed by atoms with Crippen LogP contribution in [-0.4, -0.2) is 15.7 Å². The van der Waals surface area contributed by atoms with Crippen LogP contribution in [0.1, 0.15) is 19.0 Å². The lowest BCUT2D eigenvalue weighted by atomic mass is 10.5. The Balaban J connectivity index is 2.60. The molecule has 0 N–H and O–H groups in total. The van der Waals surface area contributed by atoms with E-state index in [1.54, 1.807) is 18.0 Å². The van der Waals surface area contributed by atoms with Crippen LogP contribution in [0, 0.1) is 11.3 Å². The highest BCUT2D eigenvalue weighted by molar-refractivity contribution is 7.99. The molecule has 0 aliphatic heterocycles. The van der Waals surface area contributed by atoms with Crippen LogP contribution in [0.4, 0.5) is 0 Å². The molecule has 62 valence electrons. The Kier molecular flexibility index (Phi) is 3.55. The van der Waals surface area contributed by atoms with Crippen LogP contribution in [0.3, 0.4) is 0 Å². The number of nitrogens with zero attached hydrogens (tertiary/aromatic N) is 3. The molecule has 0 bridgehead atoms. The first-order valence-electron chi connectivity index (χ1n) is 3.71. The van der Waals surface area contributed by atoms with Crippen molar-refractivity contribution in [3.05, 3.63) is 18.1 Å². The highest BCUT2D eigenvalue weighted by Crippen LogP contribution is 2.13. The molecule has 0 atom stereocenters. The van der Waals surface area contributed by atoms with E-state index in [1.165, 1.54) is 6.20 Å². The summed E-state index contributed by atoms with van der Waals surface area (Å²) >= 11 is 1.66. The molecule has 0 radical (unpaired) electrons. The van der Waals surface area contributed by atoms with Gasteiger partial charge in [0.15, 0.2) is 5.69 Å². The first kappa shape index (κ1) is 9.01. The second-order valence-electron chi connectivity index (χ2n) is 2.20. The summed E-state index contributed by atoms with van der Waals surface area (Å²) in [6, 6.07) is 1.93. The zero-order chi connectivity index (χ0) is 8.81. The number of hydrogen-bond acceptors (Lipinski definition) is 4. The second kappa shape index (κ2) is 4.73. The Morgan fingerprint density at radius 2 is 2.33 bits per heavy atom. The Labute approximate surface area is 75.8 Å². The van der Waals surface area contributed by atoms with E-state index in [1.807, 2.05) is 6.07 Å². The molecule has 0 saturated heterocycles. The molecule has 0 amide bonds. The molecular weight excluding hydrogens is 170 g/mol. The lowest BCUT2D eigenvalue weighted by Crippen LogP contribution is -1.87. The summed E-state index contributed by atoms with van der Waals surface area (Å²) in [6.45, 7) is 2.12. The van der Waals surface area contributed by atoms with Gasteiger partial charge in [0, 0.05) is 0 Å². The highest BCUT2D eigenvalue weighted by Gasteiger charge is 1.95. The van der Waals surface area contributed by atoms with Gasteiger partial charge in [0.05, 0.1) is 12.4 Å². The fourth-order valence-electron chi connectivity index (χ4n) is 0.655. The largest absolute Gasteiger partial charge is 0.245 e. The van der Waals surface area contributed by atoms with Crippen molar-refractivity contribution in [3.8, 4) is 6.07 Å². The van der Waals surface area contributed by atoms with Crippen molar-refractivity contribution < 1.29 is 0 Å². The van der Waals surface area contributed by atoms with Gasteiger partial charge in [-0.25, -0.2) is 9.97 Å². The maximum Gasteiger partial charge on any atom is 0.158 e. The van der Waals surface area contributed by atoms with Gasteiger partial charge in [0.2, 0.25) is 0 Å². The predicted molar refractivity (Wildman–Crippen MR) is 47.8 cm³/mol. The fourth-order valence-corrected chi connectivity index (χ4v) is 1.32. The van der Waals surface area contributed by atoms with Crippen LogP contribution in [0.15, 0.2) is 17.4 Å². The second-order valence-corrected chi connectivity index (χ2v) is 3.32. The maximum atomic E-state index is 8.45. The number of aromatic nitrogens is 2. The zero-order valence-electron chi connectivity index (χ0n) is 6.82. The molecule has 0 saturated carbocycles. The van der Waals surface area contributed by atoms with Crippen LogP contribution < -0.4 is 0 Å². The maximum absolute atomic E-state index is 8.45. The van der Waals surface area contributed by atoms with Gasteiger partial charge in [-0.3, -0.25) is 0 Å². The number of rotatable bonds is 3. The first-order chi connectivity index (χ1) is 5.86. The van der Waals surface area contributed by atoms with Crippen LogP contribution >= 0.6 is 11.8 Å². The van der Waals surface area contributed by atoms with Crippen molar-refractivity contribution >= 4 is 11.8 Å². The van der Waals surface area contributed by atoms with Gasteiger partial charge in [0.25, 0.3) is 0 Å². The van der Waals surface area contributed by atoms with Crippen molar-refractivity contribution in [1.29, 1.82) is 5.26 Å². The molecule has 0 aliphatic rings. The predicted octanol–water partition coefficient (Wildman–Crippen LogP) is 1.85. The number of thioether (sulfide) groups is 1. The molecule has 3 nitrogen and oxygen atoms in total. The monoisotopic (exact) mass is 179 g/mol. The van der Waals surface area contributed by atoms with E-state index in [0.29, 0.717) is 5.69 Å². The normalized spacial score (nSPS) is 9.33. The molecule has 1 aromatic rings. The summed E-state index contributed by atoms with van der Waals surface area (Å²) in [4.78, 5) is 7.97. The quantitative estimate of drug-likeness (QED) is 0.664. The summed E-state index contributed by atoms with van der Waals surface area (Å²) in [5, 5.41) is 9.33. The zero-order valence-corrected chi connectivity index (χ0v) is 7.64. The van der Waals surface area contributed by atoms with Crippen LogP contribution in [0.5, 0.6) is 0 Å². The average Bonchev–Trinajstić information content (AvgIpc) is 2.15. The lowest BCUT2D eigenvalue weighted by molar-refractivity contribution is 1.03. The van der Waals surface area contributed by atoms with Crippen molar-refractivity contribution in [1.82, 2.24) is 9.97 Å². The molecular formula is C8H9N3S. The fraction of sp³-hybridized carbons (Fsp3) is 0.375. The van der Waals surface area contributed by atoms with Crippen molar-refractivity contribution in [2.75, 3.05) is 5.75 Å². The SMILES string of the molecule is CCCSc1cnc(C#N)cn1. The van der Waals surface area contributed by atoms with Gasteiger partial charge in [-0.1, -0.05) is 6.92 Å². The van der Waals surface area contributed by atoms with Gasteiger partial charge < -0.3 is 0 Å². The van der Waals surface area contributed by atoms with E-state index in [4.69, 9.17) is 5.26 Å². The molecule has 1 rings (SSSR count). The molecule has 0 spiro atoms. The number of hydrogen-bond donors (Lipinski definition) is 0. The summed E-state index contributed by atoms with van der Waals surface area (Å²) in [5.74, 6) is 1.04. The third-order valence-electron chi connectivity index (χ3n) is 1.20. The van der Waals surface area contributed by atoms with E-state index in [0.717, 1.165) is 17.2 Å². The average molecular weight is 179 g/mol.